The van der Waals surface area contributed by atoms with E-state index in [2.05, 4.69) is 24.1 Å². The van der Waals surface area contributed by atoms with Gasteiger partial charge in [-0.05, 0) is 30.2 Å². The number of benzene rings is 1. The first-order valence-electron chi connectivity index (χ1n) is 8.14. The molecule has 8 heteroatoms. The highest BCUT2D eigenvalue weighted by molar-refractivity contribution is 7.99. The number of hydrogen-bond donors (Lipinski definition) is 1. The highest BCUT2D eigenvalue weighted by Gasteiger charge is 2.18. The Bertz CT molecular complexity index is 792. The van der Waals surface area contributed by atoms with Crippen molar-refractivity contribution in [2.75, 3.05) is 30.1 Å². The largest absolute Gasteiger partial charge is 0.363 e. The smallest absolute Gasteiger partial charge is 0.283 e. The Labute approximate surface area is 157 Å². The van der Waals surface area contributed by atoms with Crippen molar-refractivity contribution in [3.8, 4) is 0 Å². The summed E-state index contributed by atoms with van der Waals surface area (Å²) in [6.45, 7) is 4.10. The minimum Gasteiger partial charge on any atom is -0.363 e. The fourth-order valence-corrected chi connectivity index (χ4v) is 3.07. The number of carbonyl (C=O) groups excluding carboxylic acids is 1. The van der Waals surface area contributed by atoms with Crippen molar-refractivity contribution in [1.82, 2.24) is 4.98 Å². The molecule has 0 fully saturated rings. The zero-order valence-electron chi connectivity index (χ0n) is 15.2. The molecule has 2 aromatic rings. The maximum Gasteiger partial charge on any atom is 0.283 e. The lowest BCUT2D eigenvalue weighted by Gasteiger charge is -2.12. The predicted molar refractivity (Wildman–Crippen MR) is 105 cm³/mol. The summed E-state index contributed by atoms with van der Waals surface area (Å²) in [5.74, 6) is 1.55. The molecule has 138 valence electrons. The second-order valence-corrected chi connectivity index (χ2v) is 7.46. The second-order valence-electron chi connectivity index (χ2n) is 6.40. The number of anilines is 2. The molecule has 2 rings (SSSR count). The number of pyridine rings is 1. The molecular formula is C18H22N4O3S. The number of rotatable bonds is 7. The zero-order chi connectivity index (χ0) is 19.3. The van der Waals surface area contributed by atoms with E-state index in [1.54, 1.807) is 30.5 Å². The van der Waals surface area contributed by atoms with Crippen LogP contribution in [0, 0.1) is 16.0 Å². The molecular weight excluding hydrogens is 352 g/mol. The van der Waals surface area contributed by atoms with Crippen LogP contribution in [0.4, 0.5) is 17.2 Å². The van der Waals surface area contributed by atoms with Crippen LogP contribution in [0.25, 0.3) is 0 Å². The molecule has 1 aromatic carbocycles. The van der Waals surface area contributed by atoms with Gasteiger partial charge in [-0.1, -0.05) is 13.8 Å². The summed E-state index contributed by atoms with van der Waals surface area (Å²) in [6, 6.07) is 8.07. The summed E-state index contributed by atoms with van der Waals surface area (Å²) >= 11 is 1.42. The first-order valence-corrected chi connectivity index (χ1v) is 9.12. The number of hydrogen-bond acceptors (Lipinski definition) is 6. The van der Waals surface area contributed by atoms with E-state index in [0.29, 0.717) is 16.5 Å². The number of nitrogens with zero attached hydrogens (tertiary/aromatic N) is 3. The molecule has 1 amide bonds. The van der Waals surface area contributed by atoms with Gasteiger partial charge in [-0.25, -0.2) is 4.98 Å². The van der Waals surface area contributed by atoms with E-state index in [1.165, 1.54) is 17.8 Å². The van der Waals surface area contributed by atoms with Gasteiger partial charge in [0.2, 0.25) is 0 Å². The van der Waals surface area contributed by atoms with Crippen LogP contribution >= 0.6 is 11.8 Å². The van der Waals surface area contributed by atoms with Gasteiger partial charge in [0.1, 0.15) is 5.82 Å². The SMILES string of the molecule is CC(C)CSc1ccc(C(=O)Nc2ccc(N(C)C)nc2)cc1[N+](=O)[O-]. The van der Waals surface area contributed by atoms with Crippen molar-refractivity contribution < 1.29 is 9.72 Å². The van der Waals surface area contributed by atoms with Crippen LogP contribution in [-0.2, 0) is 0 Å². The Kier molecular flexibility index (Phi) is 6.57. The topological polar surface area (TPSA) is 88.4 Å². The Morgan fingerprint density at radius 1 is 1.31 bits per heavy atom. The number of nitrogens with one attached hydrogen (secondary N) is 1. The van der Waals surface area contributed by atoms with Gasteiger partial charge in [-0.2, -0.15) is 0 Å². The first-order chi connectivity index (χ1) is 12.3. The van der Waals surface area contributed by atoms with Crippen molar-refractivity contribution in [3.63, 3.8) is 0 Å². The van der Waals surface area contributed by atoms with Gasteiger partial charge in [-0.15, -0.1) is 11.8 Å². The van der Waals surface area contributed by atoms with Crippen LogP contribution in [0.3, 0.4) is 0 Å². The van der Waals surface area contributed by atoms with E-state index in [-0.39, 0.29) is 11.3 Å². The third-order valence-electron chi connectivity index (χ3n) is 3.45. The standard InChI is InChI=1S/C18H22N4O3S/c1-12(2)11-26-16-7-5-13(9-15(16)22(24)25)18(23)20-14-6-8-17(19-10-14)21(3)4/h5-10,12H,11H2,1-4H3,(H,20,23). The van der Waals surface area contributed by atoms with Gasteiger partial charge in [0.15, 0.2) is 0 Å². The summed E-state index contributed by atoms with van der Waals surface area (Å²) in [5.41, 5.74) is 0.716. The molecule has 1 heterocycles. The van der Waals surface area contributed by atoms with Gasteiger partial charge >= 0.3 is 0 Å². The number of carbonyl (C=O) groups is 1. The van der Waals surface area contributed by atoms with Gasteiger partial charge in [0.25, 0.3) is 11.6 Å². The van der Waals surface area contributed by atoms with Gasteiger partial charge in [-0.3, -0.25) is 14.9 Å². The van der Waals surface area contributed by atoms with E-state index >= 15 is 0 Å². The summed E-state index contributed by atoms with van der Waals surface area (Å²) in [6.07, 6.45) is 1.55. The summed E-state index contributed by atoms with van der Waals surface area (Å²) < 4.78 is 0. The summed E-state index contributed by atoms with van der Waals surface area (Å²) in [4.78, 5) is 29.9. The summed E-state index contributed by atoms with van der Waals surface area (Å²) in [7, 11) is 3.75. The molecule has 0 saturated carbocycles. The third-order valence-corrected chi connectivity index (χ3v) is 4.94. The highest BCUT2D eigenvalue weighted by Crippen LogP contribution is 2.31. The second kappa shape index (κ2) is 8.66. The van der Waals surface area contributed by atoms with E-state index < -0.39 is 10.8 Å². The average Bonchev–Trinajstić information content (AvgIpc) is 2.60. The summed E-state index contributed by atoms with van der Waals surface area (Å²) in [5, 5.41) is 14.1. The van der Waals surface area contributed by atoms with Crippen molar-refractivity contribution in [2.24, 2.45) is 5.92 Å². The third kappa shape index (κ3) is 5.19. The molecule has 0 atom stereocenters. The van der Waals surface area contributed by atoms with Crippen molar-refractivity contribution in [1.29, 1.82) is 0 Å². The Hall–Kier alpha value is -2.61. The zero-order valence-corrected chi connectivity index (χ0v) is 16.0. The molecule has 0 aliphatic rings. The average molecular weight is 374 g/mol. The van der Waals surface area contributed by atoms with Crippen molar-refractivity contribution in [3.05, 3.63) is 52.2 Å². The first kappa shape index (κ1) is 19.7. The molecule has 0 aliphatic carbocycles. The quantitative estimate of drug-likeness (QED) is 0.447. The minimum absolute atomic E-state index is 0.0515. The minimum atomic E-state index is -0.452. The van der Waals surface area contributed by atoms with E-state index in [0.717, 1.165) is 11.6 Å². The molecule has 1 aromatic heterocycles. The number of nitro benzene ring substituents is 1. The highest BCUT2D eigenvalue weighted by atomic mass is 32.2. The molecule has 1 N–H and O–H groups in total. The fraction of sp³-hybridized carbons (Fsp3) is 0.333. The predicted octanol–water partition coefficient (Wildman–Crippen LogP) is 4.06. The van der Waals surface area contributed by atoms with E-state index in [1.807, 2.05) is 19.0 Å². The van der Waals surface area contributed by atoms with Crippen LogP contribution in [0.2, 0.25) is 0 Å². The van der Waals surface area contributed by atoms with Crippen LogP contribution in [0.15, 0.2) is 41.4 Å². The molecule has 0 spiro atoms. The van der Waals surface area contributed by atoms with Gasteiger partial charge in [0.05, 0.1) is 21.7 Å². The van der Waals surface area contributed by atoms with Crippen LogP contribution in [0.5, 0.6) is 0 Å². The van der Waals surface area contributed by atoms with Crippen LogP contribution in [0.1, 0.15) is 24.2 Å². The van der Waals surface area contributed by atoms with E-state index in [9.17, 15) is 14.9 Å². The monoisotopic (exact) mass is 374 g/mol. The Balaban J connectivity index is 2.17. The van der Waals surface area contributed by atoms with Crippen LogP contribution in [-0.4, -0.2) is 35.7 Å². The fourth-order valence-electron chi connectivity index (χ4n) is 2.11. The Morgan fingerprint density at radius 3 is 2.58 bits per heavy atom. The maximum absolute atomic E-state index is 12.4. The van der Waals surface area contributed by atoms with Crippen LogP contribution < -0.4 is 10.2 Å². The number of amides is 1. The lowest BCUT2D eigenvalue weighted by atomic mass is 10.2. The van der Waals surface area contributed by atoms with Crippen molar-refractivity contribution in [2.45, 2.75) is 18.7 Å². The number of thioether (sulfide) groups is 1. The van der Waals surface area contributed by atoms with Crippen molar-refractivity contribution >= 4 is 34.9 Å². The molecule has 26 heavy (non-hydrogen) atoms. The number of aromatic nitrogens is 1. The molecule has 0 unspecified atom stereocenters. The molecule has 7 nitrogen and oxygen atoms in total. The van der Waals surface area contributed by atoms with E-state index in [4.69, 9.17) is 0 Å². The number of nitro groups is 1. The van der Waals surface area contributed by atoms with Gasteiger partial charge in [0, 0.05) is 31.5 Å². The molecule has 0 bridgehead atoms. The molecule has 0 radical (unpaired) electrons. The molecule has 0 saturated heterocycles. The Morgan fingerprint density at radius 2 is 2.04 bits per heavy atom. The lowest BCUT2D eigenvalue weighted by Crippen LogP contribution is -2.14. The maximum atomic E-state index is 12.4. The van der Waals surface area contributed by atoms with Gasteiger partial charge < -0.3 is 10.2 Å². The molecule has 0 aliphatic heterocycles. The lowest BCUT2D eigenvalue weighted by molar-refractivity contribution is -0.387. The normalized spacial score (nSPS) is 10.7.